The van der Waals surface area contributed by atoms with Gasteiger partial charge in [0, 0.05) is 27.1 Å². The fraction of sp³-hybridized carbons (Fsp3) is 0.259. The zero-order valence-electron chi connectivity index (χ0n) is 18.4. The summed E-state index contributed by atoms with van der Waals surface area (Å²) in [4.78, 5) is 0. The smallest absolute Gasteiger partial charge is 0.290 e. The van der Waals surface area contributed by atoms with Crippen molar-refractivity contribution in [3.05, 3.63) is 101 Å². The van der Waals surface area contributed by atoms with Gasteiger partial charge in [-0.3, -0.25) is 0 Å². The van der Waals surface area contributed by atoms with Gasteiger partial charge in [-0.15, -0.1) is 22.5 Å². The molecule has 0 saturated carbocycles. The number of benzene rings is 3. The van der Waals surface area contributed by atoms with Crippen molar-refractivity contribution in [2.24, 2.45) is 0 Å². The van der Waals surface area contributed by atoms with Gasteiger partial charge in [0.25, 0.3) is 6.28 Å². The summed E-state index contributed by atoms with van der Waals surface area (Å²) < 4.78 is 0.964. The minimum absolute atomic E-state index is 0.964. The maximum Gasteiger partial charge on any atom is 0.290 e. The molecule has 0 unspecified atom stereocenters. The van der Waals surface area contributed by atoms with Crippen LogP contribution in [0.5, 0.6) is 0 Å². The third kappa shape index (κ3) is 3.26. The van der Waals surface area contributed by atoms with Gasteiger partial charge in [-0.25, -0.2) is 0 Å². The van der Waals surface area contributed by atoms with Gasteiger partial charge < -0.3 is 4.39 Å². The second-order valence-electron chi connectivity index (χ2n) is 9.46. The lowest BCUT2D eigenvalue weighted by Crippen LogP contribution is -2.79. The molecule has 0 aromatic heterocycles. The Kier molecular flexibility index (Phi) is 5.00. The van der Waals surface area contributed by atoms with Gasteiger partial charge in [0.05, 0.1) is 0 Å². The molecule has 0 spiro atoms. The Morgan fingerprint density at radius 2 is 1.03 bits per heavy atom. The second kappa shape index (κ2) is 7.35. The van der Waals surface area contributed by atoms with Gasteiger partial charge in [0.1, 0.15) is 0 Å². The molecule has 3 aromatic carbocycles. The van der Waals surface area contributed by atoms with Crippen molar-refractivity contribution >= 4 is 22.7 Å². The molecule has 0 saturated heterocycles. The molecule has 1 aliphatic heterocycles. The van der Waals surface area contributed by atoms with E-state index in [1.807, 2.05) is 0 Å². The van der Waals surface area contributed by atoms with Crippen LogP contribution in [-0.4, -0.2) is 31.3 Å². The molecule has 0 aliphatic carbocycles. The largest absolute Gasteiger partial charge is 0.509 e. The summed E-state index contributed by atoms with van der Waals surface area (Å²) in [6.45, 7) is 7.65. The monoisotopic (exact) mass is 381 g/mol. The van der Waals surface area contributed by atoms with Crippen LogP contribution in [0.15, 0.2) is 78.9 Å². The molecule has 4 rings (SSSR count). The van der Waals surface area contributed by atoms with E-state index in [4.69, 9.17) is 0 Å². The molecule has 0 atom stereocenters. The minimum Gasteiger partial charge on any atom is -0.509 e. The van der Waals surface area contributed by atoms with E-state index in [0.29, 0.717) is 0 Å². The predicted octanol–water partition coefficient (Wildman–Crippen LogP) is 4.77. The Hall–Kier alpha value is -2.58. The van der Waals surface area contributed by atoms with Crippen molar-refractivity contribution in [2.75, 3.05) is 20.6 Å². The molecule has 1 aliphatic rings. The molecule has 2 heteroatoms. The first-order valence-electron chi connectivity index (χ1n) is 10.7. The van der Waals surface area contributed by atoms with Crippen LogP contribution >= 0.6 is 0 Å². The van der Waals surface area contributed by atoms with Gasteiger partial charge in [-0.05, 0) is 20.8 Å². The van der Waals surface area contributed by atoms with E-state index in [0.717, 1.165) is 17.4 Å². The second-order valence-corrected chi connectivity index (χ2v) is 9.46. The Morgan fingerprint density at radius 3 is 1.48 bits per heavy atom. The lowest BCUT2D eigenvalue weighted by molar-refractivity contribution is -0.786. The number of hydrogen-bond donors (Lipinski definition) is 0. The average Bonchev–Trinajstić information content (AvgIpc) is 2.70. The third-order valence-electron chi connectivity index (χ3n) is 7.07. The Balaban J connectivity index is 2.07. The number of hydrogen-bond acceptors (Lipinski definition) is 0. The molecule has 0 radical (unpaired) electrons. The summed E-state index contributed by atoms with van der Waals surface area (Å²) >= 11 is 0. The van der Waals surface area contributed by atoms with Crippen LogP contribution in [0.1, 0.15) is 28.7 Å². The van der Waals surface area contributed by atoms with Crippen molar-refractivity contribution in [1.82, 2.24) is 0 Å². The standard InChI is InChI=1S/C27H32BN/c1-21-8-14-24(15-9-21)27-7-6-20-29(4,5)28(27,25-16-10-22(2)11-17-25)26-18-12-23(3)13-19-26/h7-19H,6,20H2,1-5H3. The lowest BCUT2D eigenvalue weighted by atomic mass is 9.20. The van der Waals surface area contributed by atoms with Crippen molar-refractivity contribution in [1.29, 1.82) is 0 Å². The van der Waals surface area contributed by atoms with E-state index in [1.165, 1.54) is 38.7 Å². The fourth-order valence-corrected chi connectivity index (χ4v) is 5.45. The van der Waals surface area contributed by atoms with E-state index in [-0.39, 0.29) is 0 Å². The van der Waals surface area contributed by atoms with Crippen molar-refractivity contribution in [3.8, 4) is 0 Å². The van der Waals surface area contributed by atoms with Gasteiger partial charge in [-0.1, -0.05) is 95.1 Å². The van der Waals surface area contributed by atoms with Gasteiger partial charge >= 0.3 is 0 Å². The van der Waals surface area contributed by atoms with E-state index in [2.05, 4.69) is 114 Å². The predicted molar refractivity (Wildman–Crippen MR) is 128 cm³/mol. The lowest BCUT2D eigenvalue weighted by Gasteiger charge is -2.60. The normalized spacial score (nSPS) is 17.6. The van der Waals surface area contributed by atoms with Crippen molar-refractivity contribution < 1.29 is 4.39 Å². The van der Waals surface area contributed by atoms with Crippen LogP contribution in [0, 0.1) is 20.8 Å². The highest BCUT2D eigenvalue weighted by molar-refractivity contribution is 7.10. The number of aryl methyl sites for hydroxylation is 3. The van der Waals surface area contributed by atoms with Crippen LogP contribution in [0.3, 0.4) is 0 Å². The van der Waals surface area contributed by atoms with Gasteiger partial charge in [0.2, 0.25) is 0 Å². The molecule has 1 heterocycles. The van der Waals surface area contributed by atoms with Crippen molar-refractivity contribution in [3.63, 3.8) is 0 Å². The first-order valence-corrected chi connectivity index (χ1v) is 10.7. The summed E-state index contributed by atoms with van der Waals surface area (Å²) in [5.74, 6) is 0. The fourth-order valence-electron chi connectivity index (χ4n) is 5.45. The topological polar surface area (TPSA) is 0 Å². The van der Waals surface area contributed by atoms with E-state index >= 15 is 0 Å². The maximum atomic E-state index is 2.51. The molecule has 3 aromatic rings. The molecular formula is C27H32BN. The Morgan fingerprint density at radius 1 is 0.621 bits per heavy atom. The summed E-state index contributed by atoms with van der Waals surface area (Å²) in [7, 11) is 4.84. The summed E-state index contributed by atoms with van der Waals surface area (Å²) in [6.07, 6.45) is 2.45. The van der Waals surface area contributed by atoms with Crippen LogP contribution < -0.4 is 10.9 Å². The van der Waals surface area contributed by atoms with E-state index in [1.54, 1.807) is 0 Å². The van der Waals surface area contributed by atoms with E-state index in [9.17, 15) is 0 Å². The van der Waals surface area contributed by atoms with Crippen molar-refractivity contribution in [2.45, 2.75) is 27.2 Å². The zero-order chi connectivity index (χ0) is 20.6. The number of rotatable bonds is 3. The Bertz CT molecular complexity index is 980. The first kappa shape index (κ1) is 19.7. The highest BCUT2D eigenvalue weighted by atomic mass is 15.3. The molecular weight excluding hydrogens is 349 g/mol. The molecule has 0 bridgehead atoms. The molecule has 0 amide bonds. The third-order valence-corrected chi connectivity index (χ3v) is 7.07. The van der Waals surface area contributed by atoms with Gasteiger partial charge in [0.15, 0.2) is 0 Å². The summed E-state index contributed by atoms with van der Waals surface area (Å²) in [5.41, 5.74) is 9.61. The van der Waals surface area contributed by atoms with Crippen LogP contribution in [0.2, 0.25) is 0 Å². The minimum atomic E-state index is -1.17. The highest BCUT2D eigenvalue weighted by Crippen LogP contribution is 2.36. The number of quaternary nitrogens is 1. The maximum absolute atomic E-state index is 2.51. The van der Waals surface area contributed by atoms with Gasteiger partial charge in [-0.2, -0.15) is 0 Å². The number of nitrogens with zero attached hydrogens (tertiary/aromatic N) is 1. The summed E-state index contributed by atoms with van der Waals surface area (Å²) in [5, 5.41) is 0. The molecule has 29 heavy (non-hydrogen) atoms. The summed E-state index contributed by atoms with van der Waals surface area (Å²) in [6, 6.07) is 27.7. The van der Waals surface area contributed by atoms with Crippen LogP contribution in [0.4, 0.5) is 0 Å². The van der Waals surface area contributed by atoms with Crippen LogP contribution in [0.25, 0.3) is 5.47 Å². The van der Waals surface area contributed by atoms with E-state index < -0.39 is 6.28 Å². The molecule has 1 nitrogen and oxygen atoms in total. The quantitative estimate of drug-likeness (QED) is 0.573. The SMILES string of the molecule is Cc1ccc(C2=CCC[N+](C)(C)[B-]2(c2ccc(C)cc2)c2ccc(C)cc2)cc1. The average molecular weight is 381 g/mol. The highest BCUT2D eigenvalue weighted by Gasteiger charge is 2.49. The molecule has 0 N–H and O–H groups in total. The zero-order valence-corrected chi connectivity index (χ0v) is 18.4. The Labute approximate surface area is 176 Å². The first-order chi connectivity index (χ1) is 13.8. The van der Waals surface area contributed by atoms with Crippen LogP contribution in [-0.2, 0) is 0 Å². The molecule has 0 fully saturated rings. The molecule has 148 valence electrons.